The molecule has 90 valence electrons. The second-order valence-electron chi connectivity index (χ2n) is 3.91. The molecule has 0 amide bonds. The molecule has 1 atom stereocenters. The number of aliphatic hydroxyl groups excluding tert-OH is 1. The highest BCUT2D eigenvalue weighted by Gasteiger charge is 2.21. The van der Waals surface area contributed by atoms with E-state index in [1.807, 2.05) is 38.2 Å². The topological polar surface area (TPSA) is 41.5 Å². The van der Waals surface area contributed by atoms with Crippen LogP contribution in [0.3, 0.4) is 0 Å². The summed E-state index contributed by atoms with van der Waals surface area (Å²) in [6, 6.07) is 7.90. The van der Waals surface area contributed by atoms with E-state index in [0.717, 1.165) is 16.4 Å². The number of methoxy groups -OCH3 is 1. The van der Waals surface area contributed by atoms with E-state index in [9.17, 15) is 5.11 Å². The lowest BCUT2D eigenvalue weighted by atomic mass is 10.1. The largest absolute Gasteiger partial charge is 0.496 e. The van der Waals surface area contributed by atoms with Crippen LogP contribution in [0, 0.1) is 0 Å². The van der Waals surface area contributed by atoms with Gasteiger partial charge in [-0.1, -0.05) is 12.1 Å². The fraction of sp³-hybridized carbons (Fsp3) is 0.500. The van der Waals surface area contributed by atoms with E-state index in [-0.39, 0.29) is 12.1 Å². The number of ether oxygens (including phenoxy) is 1. The second-order valence-corrected chi connectivity index (χ2v) is 4.93. The Labute approximate surface area is 101 Å². The average Bonchev–Trinajstić information content (AvgIpc) is 2.36. The lowest BCUT2D eigenvalue weighted by molar-refractivity contribution is 0.200. The third-order valence-electron chi connectivity index (χ3n) is 2.57. The minimum atomic E-state index is -0.258. The van der Waals surface area contributed by atoms with Gasteiger partial charge in [-0.15, -0.1) is 11.8 Å². The summed E-state index contributed by atoms with van der Waals surface area (Å²) in [5, 5.41) is 12.4. The maximum Gasteiger partial charge on any atom is 0.132 e. The van der Waals surface area contributed by atoms with Crippen molar-refractivity contribution in [3.05, 3.63) is 24.3 Å². The highest BCUT2D eigenvalue weighted by atomic mass is 32.2. The van der Waals surface area contributed by atoms with Crippen LogP contribution in [-0.2, 0) is 0 Å². The van der Waals surface area contributed by atoms with E-state index < -0.39 is 0 Å². The lowest BCUT2D eigenvalue weighted by Gasteiger charge is -2.26. The molecule has 0 aliphatic carbocycles. The molecule has 0 saturated carbocycles. The Hall–Kier alpha value is -0.710. The van der Waals surface area contributed by atoms with Gasteiger partial charge in [-0.25, -0.2) is 0 Å². The van der Waals surface area contributed by atoms with Crippen molar-refractivity contribution in [1.29, 1.82) is 0 Å². The molecule has 1 aromatic rings. The summed E-state index contributed by atoms with van der Waals surface area (Å²) in [5.41, 5.74) is -0.258. The minimum Gasteiger partial charge on any atom is -0.496 e. The predicted octanol–water partition coefficient (Wildman–Crippen LogP) is 1.76. The van der Waals surface area contributed by atoms with Gasteiger partial charge < -0.3 is 15.2 Å². The third kappa shape index (κ3) is 3.40. The summed E-state index contributed by atoms with van der Waals surface area (Å²) in [5.74, 6) is 1.67. The molecule has 1 aromatic carbocycles. The fourth-order valence-electron chi connectivity index (χ4n) is 1.17. The molecule has 0 aliphatic heterocycles. The van der Waals surface area contributed by atoms with Crippen LogP contribution in [-0.4, -0.2) is 37.2 Å². The number of rotatable bonds is 6. The summed E-state index contributed by atoms with van der Waals surface area (Å²) in [6.45, 7) is 2.11. The van der Waals surface area contributed by atoms with Gasteiger partial charge in [0.15, 0.2) is 0 Å². The van der Waals surface area contributed by atoms with Gasteiger partial charge in [0, 0.05) is 16.2 Å². The second kappa shape index (κ2) is 6.13. The zero-order valence-corrected chi connectivity index (χ0v) is 10.8. The van der Waals surface area contributed by atoms with E-state index in [0.29, 0.717) is 0 Å². The van der Waals surface area contributed by atoms with Crippen molar-refractivity contribution in [2.24, 2.45) is 0 Å². The van der Waals surface area contributed by atoms with E-state index in [1.165, 1.54) is 0 Å². The van der Waals surface area contributed by atoms with Crippen molar-refractivity contribution in [1.82, 2.24) is 5.32 Å². The summed E-state index contributed by atoms with van der Waals surface area (Å²) < 4.78 is 5.27. The lowest BCUT2D eigenvalue weighted by Crippen LogP contribution is -2.45. The smallest absolute Gasteiger partial charge is 0.132 e. The maximum absolute atomic E-state index is 9.28. The number of hydrogen-bond acceptors (Lipinski definition) is 4. The van der Waals surface area contributed by atoms with Crippen molar-refractivity contribution < 1.29 is 9.84 Å². The summed E-state index contributed by atoms with van der Waals surface area (Å²) in [6.07, 6.45) is 0. The molecule has 1 unspecified atom stereocenters. The molecule has 0 radical (unpaired) electrons. The average molecular weight is 241 g/mol. The molecule has 0 heterocycles. The SMILES string of the molecule is CNC(C)(CO)CSc1ccccc1OC. The van der Waals surface area contributed by atoms with Gasteiger partial charge in [-0.2, -0.15) is 0 Å². The molecule has 0 fully saturated rings. The minimum absolute atomic E-state index is 0.117. The van der Waals surface area contributed by atoms with Gasteiger partial charge in [-0.3, -0.25) is 0 Å². The normalized spacial score (nSPS) is 14.5. The Morgan fingerprint density at radius 1 is 1.44 bits per heavy atom. The third-order valence-corrected chi connectivity index (χ3v) is 4.00. The van der Waals surface area contributed by atoms with E-state index in [4.69, 9.17) is 4.74 Å². The monoisotopic (exact) mass is 241 g/mol. The predicted molar refractivity (Wildman–Crippen MR) is 68.3 cm³/mol. The van der Waals surface area contributed by atoms with Crippen LogP contribution < -0.4 is 10.1 Å². The van der Waals surface area contributed by atoms with Crippen molar-refractivity contribution in [3.8, 4) is 5.75 Å². The summed E-state index contributed by atoms with van der Waals surface area (Å²) in [4.78, 5) is 1.10. The Morgan fingerprint density at radius 3 is 2.69 bits per heavy atom. The van der Waals surface area contributed by atoms with Gasteiger partial charge in [0.1, 0.15) is 5.75 Å². The fourth-order valence-corrected chi connectivity index (χ4v) is 2.35. The van der Waals surface area contributed by atoms with Crippen molar-refractivity contribution in [2.75, 3.05) is 26.5 Å². The zero-order valence-electron chi connectivity index (χ0n) is 9.99. The van der Waals surface area contributed by atoms with Crippen LogP contribution in [0.2, 0.25) is 0 Å². The Morgan fingerprint density at radius 2 is 2.12 bits per heavy atom. The number of hydrogen-bond donors (Lipinski definition) is 2. The van der Waals surface area contributed by atoms with Crippen LogP contribution in [0.15, 0.2) is 29.2 Å². The molecule has 0 aliphatic rings. The van der Waals surface area contributed by atoms with Crippen LogP contribution in [0.1, 0.15) is 6.92 Å². The van der Waals surface area contributed by atoms with Gasteiger partial charge in [-0.05, 0) is 26.1 Å². The number of thioether (sulfide) groups is 1. The molecule has 2 N–H and O–H groups in total. The molecular formula is C12H19NO2S. The van der Waals surface area contributed by atoms with Crippen molar-refractivity contribution in [2.45, 2.75) is 17.4 Å². The van der Waals surface area contributed by atoms with Crippen LogP contribution in [0.4, 0.5) is 0 Å². The quantitative estimate of drug-likeness (QED) is 0.745. The highest BCUT2D eigenvalue weighted by molar-refractivity contribution is 7.99. The number of nitrogens with one attached hydrogen (secondary N) is 1. The first-order valence-corrected chi connectivity index (χ1v) is 6.19. The molecule has 4 heteroatoms. The first-order chi connectivity index (χ1) is 7.65. The summed E-state index contributed by atoms with van der Waals surface area (Å²) in [7, 11) is 3.53. The van der Waals surface area contributed by atoms with Gasteiger partial charge >= 0.3 is 0 Å². The van der Waals surface area contributed by atoms with E-state index in [1.54, 1.807) is 18.9 Å². The molecule has 0 aromatic heterocycles. The van der Waals surface area contributed by atoms with Gasteiger partial charge in [0.05, 0.1) is 13.7 Å². The van der Waals surface area contributed by atoms with Crippen LogP contribution >= 0.6 is 11.8 Å². The summed E-state index contributed by atoms with van der Waals surface area (Å²) >= 11 is 1.68. The number of likely N-dealkylation sites (N-methyl/N-ethyl adjacent to an activating group) is 1. The Kier molecular flexibility index (Phi) is 5.12. The Bertz CT molecular complexity index is 327. The van der Waals surface area contributed by atoms with E-state index in [2.05, 4.69) is 5.32 Å². The van der Waals surface area contributed by atoms with Crippen LogP contribution in [0.5, 0.6) is 5.75 Å². The maximum atomic E-state index is 9.28. The standard InChI is InChI=1S/C12H19NO2S/c1-12(8-14,13-2)9-16-11-7-5-4-6-10(11)15-3/h4-7,13-14H,8-9H2,1-3H3. The highest BCUT2D eigenvalue weighted by Crippen LogP contribution is 2.30. The molecule has 0 spiro atoms. The number of aliphatic hydroxyl groups is 1. The van der Waals surface area contributed by atoms with Gasteiger partial charge in [0.2, 0.25) is 0 Å². The van der Waals surface area contributed by atoms with Crippen LogP contribution in [0.25, 0.3) is 0 Å². The number of benzene rings is 1. The molecule has 1 rings (SSSR count). The molecule has 0 saturated heterocycles. The molecule has 3 nitrogen and oxygen atoms in total. The number of para-hydroxylation sites is 1. The van der Waals surface area contributed by atoms with Gasteiger partial charge in [0.25, 0.3) is 0 Å². The molecule has 0 bridgehead atoms. The first-order valence-electron chi connectivity index (χ1n) is 5.21. The molecular weight excluding hydrogens is 222 g/mol. The van der Waals surface area contributed by atoms with Crippen molar-refractivity contribution in [3.63, 3.8) is 0 Å². The van der Waals surface area contributed by atoms with Crippen molar-refractivity contribution >= 4 is 11.8 Å². The zero-order chi connectivity index (χ0) is 12.0. The van der Waals surface area contributed by atoms with E-state index >= 15 is 0 Å². The Balaban J connectivity index is 2.67. The first kappa shape index (κ1) is 13.4. The molecule has 16 heavy (non-hydrogen) atoms.